The summed E-state index contributed by atoms with van der Waals surface area (Å²) in [5.74, 6) is 1.42. The Morgan fingerprint density at radius 2 is 0.890 bits per heavy atom. The molecule has 12 rings (SSSR count). The van der Waals surface area contributed by atoms with E-state index in [4.69, 9.17) is 37.9 Å². The molecule has 4 heterocycles. The van der Waals surface area contributed by atoms with Crippen molar-refractivity contribution in [1.82, 2.24) is 0 Å². The van der Waals surface area contributed by atoms with Crippen molar-refractivity contribution in [1.29, 1.82) is 0 Å². The molecule has 0 aromatic rings. The van der Waals surface area contributed by atoms with Crippen LogP contribution in [-0.2, 0) is 76.3 Å². The first-order valence-electron chi connectivity index (χ1n) is 28.2. The molecule has 0 amide bonds. The summed E-state index contributed by atoms with van der Waals surface area (Å²) in [6.45, 7) is 27.5. The van der Waals surface area contributed by atoms with E-state index in [1.165, 1.54) is 0 Å². The van der Waals surface area contributed by atoms with Crippen molar-refractivity contribution in [3.05, 3.63) is 0 Å². The minimum absolute atomic E-state index is 0. The van der Waals surface area contributed by atoms with Gasteiger partial charge in [0.15, 0.2) is 0 Å². The van der Waals surface area contributed by atoms with Crippen molar-refractivity contribution in [3.8, 4) is 0 Å². The average molecular weight is 1170 g/mol. The zero-order valence-corrected chi connectivity index (χ0v) is 46.4. The standard InChI is InChI=1S/C16H24O4.C15H22O4.C14H20O4.C13H18O4.8CH4/c1-6-15(2,3)14(18)20-11-9-7-8-10(16(9,4)5)12(11)19-13(8)17;1-5-14(2,3)13(17)18-11-8-6-9-10(7-8)15(11,4)19-12(9)16;1-4-14(2,3)13(16)18-10-7-5-8-9(6-7)12(15)17-11(8)10;1-3-6(2)12(14)16-10-7-4-8-9(5-7)13(15)17-11(8)10;;;;;;;;/h8-12H,6-7H2,1-5H3;8-11H,5-7H2,1-4H3;7-11H,4-6H2,1-3H3;6-11H,3-5H2,1-2H3;8*1H4. The molecule has 476 valence electrons. The number of esters is 8. The summed E-state index contributed by atoms with van der Waals surface area (Å²) >= 11 is 0. The smallest absolute Gasteiger partial charge is 0.311 e. The van der Waals surface area contributed by atoms with Gasteiger partial charge in [-0.25, -0.2) is 0 Å². The molecule has 8 bridgehead atoms. The summed E-state index contributed by atoms with van der Waals surface area (Å²) in [5.41, 5.74) is -1.97. The highest BCUT2D eigenvalue weighted by Crippen LogP contribution is 2.66. The topological polar surface area (TPSA) is 210 Å². The number of hydrogen-bond donors (Lipinski definition) is 0. The molecule has 0 spiro atoms. The van der Waals surface area contributed by atoms with Gasteiger partial charge < -0.3 is 37.9 Å². The van der Waals surface area contributed by atoms with Gasteiger partial charge in [0, 0.05) is 47.3 Å². The Morgan fingerprint density at radius 3 is 1.34 bits per heavy atom. The Kier molecular flexibility index (Phi) is 24.6. The highest BCUT2D eigenvalue weighted by Gasteiger charge is 2.73. The molecule has 21 atom stereocenters. The second kappa shape index (κ2) is 26.6. The molecular formula is C66H116O16. The molecular weight excluding hydrogens is 1050 g/mol. The van der Waals surface area contributed by atoms with E-state index >= 15 is 0 Å². The molecule has 8 aliphatic carbocycles. The summed E-state index contributed by atoms with van der Waals surface area (Å²) in [6, 6.07) is 0. The Labute approximate surface area is 496 Å². The third kappa shape index (κ3) is 12.3. The Balaban J connectivity index is 0.000000530. The number of ether oxygens (including phenoxy) is 8. The number of hydrogen-bond acceptors (Lipinski definition) is 16. The second-order valence-electron chi connectivity index (χ2n) is 27.0. The van der Waals surface area contributed by atoms with E-state index in [9.17, 15) is 38.4 Å². The highest BCUT2D eigenvalue weighted by molar-refractivity contribution is 5.81. The van der Waals surface area contributed by atoms with Crippen LogP contribution < -0.4 is 0 Å². The van der Waals surface area contributed by atoms with E-state index in [-0.39, 0.29) is 203 Å². The molecule has 0 N–H and O–H groups in total. The highest BCUT2D eigenvalue weighted by atomic mass is 16.6. The van der Waals surface area contributed by atoms with Crippen molar-refractivity contribution < 1.29 is 76.3 Å². The first-order chi connectivity index (χ1) is 34.5. The van der Waals surface area contributed by atoms with Crippen LogP contribution in [0, 0.1) is 98.6 Å². The van der Waals surface area contributed by atoms with Gasteiger partial charge in [-0.2, -0.15) is 0 Å². The molecule has 82 heavy (non-hydrogen) atoms. The largest absolute Gasteiger partial charge is 0.458 e. The molecule has 0 aromatic carbocycles. The van der Waals surface area contributed by atoms with Crippen LogP contribution in [0.1, 0.15) is 227 Å². The summed E-state index contributed by atoms with van der Waals surface area (Å²) in [7, 11) is 0. The summed E-state index contributed by atoms with van der Waals surface area (Å²) < 4.78 is 44.6. The van der Waals surface area contributed by atoms with E-state index < -0.39 is 21.8 Å². The molecule has 0 radical (unpaired) electrons. The fourth-order valence-corrected chi connectivity index (χ4v) is 15.2. The maximum Gasteiger partial charge on any atom is 0.311 e. The van der Waals surface area contributed by atoms with Gasteiger partial charge in [0.1, 0.15) is 48.3 Å². The molecule has 4 aliphatic heterocycles. The fraction of sp³-hybridized carbons (Fsp3) is 0.879. The zero-order valence-electron chi connectivity index (χ0n) is 46.4. The molecule has 0 aromatic heterocycles. The third-order valence-corrected chi connectivity index (χ3v) is 21.5. The lowest BCUT2D eigenvalue weighted by Crippen LogP contribution is -2.47. The molecule has 21 unspecified atom stereocenters. The summed E-state index contributed by atoms with van der Waals surface area (Å²) in [4.78, 5) is 95.4. The van der Waals surface area contributed by atoms with Crippen LogP contribution >= 0.6 is 0 Å². The van der Waals surface area contributed by atoms with E-state index in [2.05, 4.69) is 13.8 Å². The van der Waals surface area contributed by atoms with Gasteiger partial charge in [0.05, 0.1) is 45.8 Å². The lowest BCUT2D eigenvalue weighted by Gasteiger charge is -2.36. The van der Waals surface area contributed by atoms with Crippen LogP contribution in [0.3, 0.4) is 0 Å². The van der Waals surface area contributed by atoms with Gasteiger partial charge >= 0.3 is 47.8 Å². The van der Waals surface area contributed by atoms with Crippen LogP contribution in [0.2, 0.25) is 0 Å². The molecule has 4 saturated heterocycles. The van der Waals surface area contributed by atoms with Crippen LogP contribution in [0.25, 0.3) is 0 Å². The number of fused-ring (bicyclic) bond motifs is 4. The van der Waals surface area contributed by atoms with Crippen molar-refractivity contribution in [2.75, 3.05) is 0 Å². The first kappa shape index (κ1) is 75.8. The van der Waals surface area contributed by atoms with Gasteiger partial charge in [-0.3, -0.25) is 38.4 Å². The average Bonchev–Trinajstić information content (AvgIpc) is 4.25. The molecule has 12 aliphatic rings. The van der Waals surface area contributed by atoms with Crippen LogP contribution in [0.4, 0.5) is 0 Å². The predicted molar refractivity (Wildman–Crippen MR) is 317 cm³/mol. The maximum atomic E-state index is 12.3. The first-order valence-corrected chi connectivity index (χ1v) is 28.2. The number of carbonyl (C=O) groups excluding carboxylic acids is 8. The Bertz CT molecular complexity index is 2300. The Hall–Kier alpha value is -4.24. The number of rotatable bonds is 12. The number of carbonyl (C=O) groups is 8. The summed E-state index contributed by atoms with van der Waals surface area (Å²) in [5, 5.41) is 0. The second-order valence-corrected chi connectivity index (χ2v) is 27.0. The van der Waals surface area contributed by atoms with Crippen molar-refractivity contribution in [2.24, 2.45) is 98.6 Å². The van der Waals surface area contributed by atoms with Gasteiger partial charge in [-0.1, -0.05) is 108 Å². The van der Waals surface area contributed by atoms with E-state index in [1.807, 2.05) is 83.1 Å². The monoisotopic (exact) mass is 1160 g/mol. The predicted octanol–water partition coefficient (Wildman–Crippen LogP) is 13.4. The van der Waals surface area contributed by atoms with Crippen LogP contribution in [-0.4, -0.2) is 96.1 Å². The van der Waals surface area contributed by atoms with Gasteiger partial charge in [-0.05, 0) is 125 Å². The minimum atomic E-state index is -0.579. The van der Waals surface area contributed by atoms with E-state index in [0.717, 1.165) is 70.6 Å². The fourth-order valence-electron chi connectivity index (χ4n) is 15.2. The summed E-state index contributed by atoms with van der Waals surface area (Å²) in [6.07, 6.45) is 7.82. The minimum Gasteiger partial charge on any atom is -0.458 e. The van der Waals surface area contributed by atoms with E-state index in [1.54, 1.807) is 0 Å². The quantitative estimate of drug-likeness (QED) is 0.131. The van der Waals surface area contributed by atoms with Gasteiger partial charge in [0.25, 0.3) is 0 Å². The lowest BCUT2D eigenvalue weighted by atomic mass is 9.79. The molecule has 16 heteroatoms. The molecule has 16 nitrogen and oxygen atoms in total. The van der Waals surface area contributed by atoms with Gasteiger partial charge in [-0.15, -0.1) is 0 Å². The molecule has 8 saturated carbocycles. The van der Waals surface area contributed by atoms with Crippen molar-refractivity contribution in [3.63, 3.8) is 0 Å². The normalized spacial score (nSPS) is 38.1. The van der Waals surface area contributed by atoms with Crippen LogP contribution in [0.5, 0.6) is 0 Å². The van der Waals surface area contributed by atoms with Crippen molar-refractivity contribution in [2.45, 2.75) is 275 Å². The maximum absolute atomic E-state index is 12.3. The van der Waals surface area contributed by atoms with E-state index in [0.29, 0.717) is 29.6 Å². The third-order valence-electron chi connectivity index (χ3n) is 21.5. The molecule has 12 fully saturated rings. The van der Waals surface area contributed by atoms with Crippen molar-refractivity contribution >= 4 is 47.8 Å². The Morgan fingerprint density at radius 1 is 0.488 bits per heavy atom. The zero-order chi connectivity index (χ0) is 54.1. The lowest BCUT2D eigenvalue weighted by molar-refractivity contribution is -0.181. The SMILES string of the molecule is C.C.C.C.C.C.C.C.CCC(C)(C)C(=O)OC1C2CC3C(=O)OC1(C)C3C2.CCC(C)(C)C(=O)OC1C2CC3C(=O)OC1C3C2.CCC(C)(C)C(=O)OC1C2OC(=O)C3CC1C(C)(C)C32.CCC(C)C(=O)OC1C2CC3C(=O)OC1C3C2. The van der Waals surface area contributed by atoms with Crippen LogP contribution in [0.15, 0.2) is 0 Å². The van der Waals surface area contributed by atoms with Gasteiger partial charge in [0.2, 0.25) is 0 Å².